The van der Waals surface area contributed by atoms with E-state index in [0.29, 0.717) is 21.4 Å². The van der Waals surface area contributed by atoms with E-state index in [9.17, 15) is 9.59 Å². The molecule has 8 heteroatoms. The molecule has 166 valence electrons. The van der Waals surface area contributed by atoms with Crippen LogP contribution in [0.4, 0.5) is 0 Å². The van der Waals surface area contributed by atoms with Crippen LogP contribution >= 0.6 is 39.1 Å². The van der Waals surface area contributed by atoms with Crippen LogP contribution in [0, 0.1) is 0 Å². The van der Waals surface area contributed by atoms with Gasteiger partial charge in [0.25, 0.3) is 5.91 Å². The van der Waals surface area contributed by atoms with Crippen LogP contribution in [0.3, 0.4) is 0 Å². The van der Waals surface area contributed by atoms with Gasteiger partial charge in [-0.3, -0.25) is 9.59 Å². The zero-order valence-electron chi connectivity index (χ0n) is 17.2. The van der Waals surface area contributed by atoms with Crippen molar-refractivity contribution in [1.29, 1.82) is 0 Å². The van der Waals surface area contributed by atoms with Gasteiger partial charge in [-0.1, -0.05) is 58.0 Å². The summed E-state index contributed by atoms with van der Waals surface area (Å²) in [5.41, 5.74) is 0.600. The van der Waals surface area contributed by atoms with E-state index in [1.54, 1.807) is 37.3 Å². The van der Waals surface area contributed by atoms with E-state index in [-0.39, 0.29) is 31.0 Å². The summed E-state index contributed by atoms with van der Waals surface area (Å²) in [4.78, 5) is 27.5. The molecule has 2 amide bonds. The largest absolute Gasteiger partial charge is 0.484 e. The van der Waals surface area contributed by atoms with Crippen molar-refractivity contribution in [1.82, 2.24) is 10.2 Å². The average molecular weight is 528 g/mol. The molecule has 0 bridgehead atoms. The maximum absolute atomic E-state index is 13.1. The number of nitrogens with one attached hydrogen (secondary N) is 1. The van der Waals surface area contributed by atoms with E-state index in [2.05, 4.69) is 21.2 Å². The lowest BCUT2D eigenvalue weighted by Gasteiger charge is -2.30. The zero-order valence-corrected chi connectivity index (χ0v) is 20.3. The second kappa shape index (κ2) is 11.2. The lowest BCUT2D eigenvalue weighted by atomic mass is 10.1. The molecule has 0 aliphatic heterocycles. The number of hydrogen-bond donors (Lipinski definition) is 1. The van der Waals surface area contributed by atoms with Crippen LogP contribution in [-0.4, -0.2) is 35.4 Å². The average Bonchev–Trinajstić information content (AvgIpc) is 3.25. The maximum atomic E-state index is 13.1. The smallest absolute Gasteiger partial charge is 0.261 e. The Hall–Kier alpha value is -1.76. The molecule has 0 heterocycles. The van der Waals surface area contributed by atoms with Gasteiger partial charge in [0.15, 0.2) is 6.61 Å². The molecule has 1 aliphatic carbocycles. The molecule has 1 N–H and O–H groups in total. The van der Waals surface area contributed by atoms with Gasteiger partial charge in [-0.05, 0) is 56.2 Å². The molecule has 1 saturated carbocycles. The summed E-state index contributed by atoms with van der Waals surface area (Å²) >= 11 is 16.0. The number of carbonyl (C=O) groups excluding carboxylic acids is 2. The van der Waals surface area contributed by atoms with Gasteiger partial charge in [0, 0.05) is 32.7 Å². The molecule has 0 unspecified atom stereocenters. The van der Waals surface area contributed by atoms with Gasteiger partial charge in [-0.2, -0.15) is 0 Å². The van der Waals surface area contributed by atoms with Crippen molar-refractivity contribution in [3.8, 4) is 5.75 Å². The van der Waals surface area contributed by atoms with Crippen LogP contribution in [0.25, 0.3) is 0 Å². The van der Waals surface area contributed by atoms with E-state index in [1.807, 2.05) is 12.1 Å². The van der Waals surface area contributed by atoms with E-state index in [1.165, 1.54) is 4.90 Å². The Balaban J connectivity index is 1.75. The third-order valence-corrected chi connectivity index (χ3v) is 6.67. The minimum atomic E-state index is -0.700. The van der Waals surface area contributed by atoms with Crippen molar-refractivity contribution in [3.05, 3.63) is 62.5 Å². The molecule has 0 saturated heterocycles. The quantitative estimate of drug-likeness (QED) is 0.485. The first kappa shape index (κ1) is 23.9. The van der Waals surface area contributed by atoms with Crippen molar-refractivity contribution >= 4 is 50.9 Å². The third-order valence-electron chi connectivity index (χ3n) is 5.43. The standard InChI is InChI=1S/C23H25BrCl2N2O3/c1-15(23(30)27-17-5-2-3-6-17)28(13-19-20(25)7-4-8-21(19)26)22(29)14-31-18-11-9-16(24)10-12-18/h4,7-12,15,17H,2-3,5-6,13-14H2,1H3,(H,27,30)/t15-/m0/s1. The van der Waals surface area contributed by atoms with Crippen molar-refractivity contribution in [2.24, 2.45) is 0 Å². The van der Waals surface area contributed by atoms with Crippen molar-refractivity contribution in [2.45, 2.75) is 51.2 Å². The van der Waals surface area contributed by atoms with Crippen LogP contribution in [0.1, 0.15) is 38.2 Å². The van der Waals surface area contributed by atoms with Crippen molar-refractivity contribution in [3.63, 3.8) is 0 Å². The molecule has 1 aliphatic rings. The maximum Gasteiger partial charge on any atom is 0.261 e. The van der Waals surface area contributed by atoms with Crippen LogP contribution in [0.15, 0.2) is 46.9 Å². The number of hydrogen-bond acceptors (Lipinski definition) is 3. The highest BCUT2D eigenvalue weighted by Crippen LogP contribution is 2.27. The highest BCUT2D eigenvalue weighted by atomic mass is 79.9. The summed E-state index contributed by atoms with van der Waals surface area (Å²) in [6.45, 7) is 1.62. The summed E-state index contributed by atoms with van der Waals surface area (Å²) in [6, 6.07) is 11.8. The minimum absolute atomic E-state index is 0.111. The molecule has 0 spiro atoms. The second-order valence-electron chi connectivity index (χ2n) is 7.63. The van der Waals surface area contributed by atoms with Gasteiger partial charge in [0.2, 0.25) is 5.91 Å². The molecular weight excluding hydrogens is 503 g/mol. The molecule has 2 aromatic carbocycles. The molecule has 31 heavy (non-hydrogen) atoms. The number of carbonyl (C=O) groups is 2. The Morgan fingerprint density at radius 1 is 1.13 bits per heavy atom. The number of halogens is 3. The van der Waals surface area contributed by atoms with Gasteiger partial charge in [-0.15, -0.1) is 0 Å². The summed E-state index contributed by atoms with van der Waals surface area (Å²) in [5, 5.41) is 3.96. The molecule has 1 fully saturated rings. The summed E-state index contributed by atoms with van der Waals surface area (Å²) in [7, 11) is 0. The molecule has 2 aromatic rings. The van der Waals surface area contributed by atoms with Gasteiger partial charge in [-0.25, -0.2) is 0 Å². The van der Waals surface area contributed by atoms with Crippen molar-refractivity contribution < 1.29 is 14.3 Å². The molecule has 0 radical (unpaired) electrons. The highest BCUT2D eigenvalue weighted by Gasteiger charge is 2.29. The number of ether oxygens (including phenoxy) is 1. The van der Waals surface area contributed by atoms with Crippen LogP contribution in [0.2, 0.25) is 10.0 Å². The van der Waals surface area contributed by atoms with Gasteiger partial charge < -0.3 is 15.0 Å². The van der Waals surface area contributed by atoms with Crippen molar-refractivity contribution in [2.75, 3.05) is 6.61 Å². The fraction of sp³-hybridized carbons (Fsp3) is 0.391. The van der Waals surface area contributed by atoms with Crippen LogP contribution in [-0.2, 0) is 16.1 Å². The monoisotopic (exact) mass is 526 g/mol. The lowest BCUT2D eigenvalue weighted by molar-refractivity contribution is -0.142. The molecular formula is C23H25BrCl2N2O3. The lowest BCUT2D eigenvalue weighted by Crippen LogP contribution is -2.50. The molecule has 1 atom stereocenters. The first-order chi connectivity index (χ1) is 14.8. The number of nitrogens with zero attached hydrogens (tertiary/aromatic N) is 1. The molecule has 0 aromatic heterocycles. The Bertz CT molecular complexity index is 897. The number of benzene rings is 2. The van der Waals surface area contributed by atoms with Gasteiger partial charge in [0.05, 0.1) is 0 Å². The summed E-state index contributed by atoms with van der Waals surface area (Å²) in [6.07, 6.45) is 4.15. The predicted molar refractivity (Wildman–Crippen MR) is 127 cm³/mol. The number of rotatable bonds is 8. The third kappa shape index (κ3) is 6.61. The Morgan fingerprint density at radius 3 is 2.35 bits per heavy atom. The van der Waals surface area contributed by atoms with Gasteiger partial charge in [0.1, 0.15) is 11.8 Å². The van der Waals surface area contributed by atoms with Crippen LogP contribution < -0.4 is 10.1 Å². The first-order valence-corrected chi connectivity index (χ1v) is 11.8. The molecule has 3 rings (SSSR count). The summed E-state index contributed by atoms with van der Waals surface area (Å²) in [5.74, 6) is 0.0513. The van der Waals surface area contributed by atoms with E-state index < -0.39 is 6.04 Å². The topological polar surface area (TPSA) is 58.6 Å². The fourth-order valence-electron chi connectivity index (χ4n) is 3.59. The predicted octanol–water partition coefficient (Wildman–Crippen LogP) is 5.61. The zero-order chi connectivity index (χ0) is 22.4. The SMILES string of the molecule is C[C@@H](C(=O)NC1CCCC1)N(Cc1c(Cl)cccc1Cl)C(=O)COc1ccc(Br)cc1. The first-order valence-electron chi connectivity index (χ1n) is 10.3. The second-order valence-corrected chi connectivity index (χ2v) is 9.36. The van der Waals surface area contributed by atoms with Crippen LogP contribution in [0.5, 0.6) is 5.75 Å². The Kier molecular flexibility index (Phi) is 8.64. The Labute approximate surface area is 201 Å². The molecule has 5 nitrogen and oxygen atoms in total. The van der Waals surface area contributed by atoms with E-state index in [4.69, 9.17) is 27.9 Å². The van der Waals surface area contributed by atoms with Gasteiger partial charge >= 0.3 is 0 Å². The highest BCUT2D eigenvalue weighted by molar-refractivity contribution is 9.10. The number of amides is 2. The normalized spacial score (nSPS) is 14.8. The summed E-state index contributed by atoms with van der Waals surface area (Å²) < 4.78 is 6.57. The fourth-order valence-corrected chi connectivity index (χ4v) is 4.37. The minimum Gasteiger partial charge on any atom is -0.484 e. The Morgan fingerprint density at radius 2 is 1.74 bits per heavy atom. The van der Waals surface area contributed by atoms with E-state index >= 15 is 0 Å². The van der Waals surface area contributed by atoms with E-state index in [0.717, 1.165) is 30.2 Å².